The Balaban J connectivity index is 1.52. The van der Waals surface area contributed by atoms with E-state index in [9.17, 15) is 4.79 Å². The number of nitrogens with zero attached hydrogens (tertiary/aromatic N) is 3. The largest absolute Gasteiger partial charge is 0.360 e. The number of aromatic nitrogens is 4. The summed E-state index contributed by atoms with van der Waals surface area (Å²) in [6.07, 6.45) is 5.18. The number of hydrogen-bond acceptors (Lipinski definition) is 4. The third-order valence-electron chi connectivity index (χ3n) is 4.63. The van der Waals surface area contributed by atoms with Crippen molar-refractivity contribution in [1.82, 2.24) is 19.7 Å². The van der Waals surface area contributed by atoms with E-state index < -0.39 is 0 Å². The minimum absolute atomic E-state index is 0.121. The molecule has 2 aromatic heterocycles. The lowest BCUT2D eigenvalue weighted by Crippen LogP contribution is -2.04. The van der Waals surface area contributed by atoms with Crippen LogP contribution in [0.25, 0.3) is 10.9 Å². The fraction of sp³-hybridized carbons (Fsp3) is 0.389. The summed E-state index contributed by atoms with van der Waals surface area (Å²) in [6.45, 7) is 2.12. The minimum Gasteiger partial charge on any atom is -0.360 e. The number of para-hydroxylation sites is 1. The minimum atomic E-state index is 0.121. The average Bonchev–Trinajstić information content (AvgIpc) is 3.23. The highest BCUT2D eigenvalue weighted by molar-refractivity contribution is 7.99. The Kier molecular flexibility index (Phi) is 3.92. The molecule has 0 unspecified atom stereocenters. The van der Waals surface area contributed by atoms with Crippen LogP contribution in [0.15, 0.2) is 29.6 Å². The molecule has 4 rings (SSSR count). The highest BCUT2D eigenvalue weighted by atomic mass is 32.2. The lowest BCUT2D eigenvalue weighted by molar-refractivity contribution is 0.102. The van der Waals surface area contributed by atoms with Crippen molar-refractivity contribution in [2.24, 2.45) is 7.05 Å². The number of carbonyl (C=O) groups is 1. The molecule has 1 aromatic carbocycles. The van der Waals surface area contributed by atoms with Gasteiger partial charge in [0.1, 0.15) is 5.82 Å². The number of benzene rings is 1. The van der Waals surface area contributed by atoms with Crippen LogP contribution in [-0.2, 0) is 13.5 Å². The Labute approximate surface area is 144 Å². The second-order valence-corrected chi connectivity index (χ2v) is 7.22. The van der Waals surface area contributed by atoms with E-state index in [4.69, 9.17) is 0 Å². The van der Waals surface area contributed by atoms with E-state index in [2.05, 4.69) is 28.2 Å². The maximum absolute atomic E-state index is 12.7. The highest BCUT2D eigenvalue weighted by Gasteiger charge is 2.29. The maximum atomic E-state index is 12.7. The molecule has 1 aliphatic carbocycles. The van der Waals surface area contributed by atoms with E-state index >= 15 is 0 Å². The van der Waals surface area contributed by atoms with Gasteiger partial charge in [-0.2, -0.15) is 0 Å². The zero-order valence-electron chi connectivity index (χ0n) is 13.9. The molecule has 1 fully saturated rings. The molecule has 0 spiro atoms. The molecule has 0 bridgehead atoms. The molecule has 124 valence electrons. The van der Waals surface area contributed by atoms with E-state index in [0.29, 0.717) is 11.7 Å². The van der Waals surface area contributed by atoms with Gasteiger partial charge in [-0.1, -0.05) is 36.9 Å². The average molecular weight is 340 g/mol. The molecule has 24 heavy (non-hydrogen) atoms. The lowest BCUT2D eigenvalue weighted by Gasteiger charge is -2.03. The molecule has 5 nitrogen and oxygen atoms in total. The van der Waals surface area contributed by atoms with Crippen LogP contribution in [0, 0.1) is 0 Å². The molecule has 6 heteroatoms. The van der Waals surface area contributed by atoms with Crippen molar-refractivity contribution >= 4 is 28.4 Å². The smallest absolute Gasteiger partial charge is 0.191 e. The summed E-state index contributed by atoms with van der Waals surface area (Å²) in [7, 11) is 1.99. The topological polar surface area (TPSA) is 63.6 Å². The molecule has 1 N–H and O–H groups in total. The second kappa shape index (κ2) is 6.09. The van der Waals surface area contributed by atoms with Crippen LogP contribution >= 0.6 is 11.8 Å². The van der Waals surface area contributed by atoms with Crippen LogP contribution < -0.4 is 0 Å². The highest BCUT2D eigenvalue weighted by Crippen LogP contribution is 2.39. The van der Waals surface area contributed by atoms with Gasteiger partial charge in [-0.05, 0) is 24.8 Å². The molecule has 0 atom stereocenters. The van der Waals surface area contributed by atoms with E-state index in [0.717, 1.165) is 33.9 Å². The van der Waals surface area contributed by atoms with Crippen LogP contribution in [0.5, 0.6) is 0 Å². The summed E-state index contributed by atoms with van der Waals surface area (Å²) in [5, 5.41) is 10.3. The first-order chi connectivity index (χ1) is 11.7. The third-order valence-corrected chi connectivity index (χ3v) is 5.65. The molecule has 1 aliphatic rings. The summed E-state index contributed by atoms with van der Waals surface area (Å²) in [5.74, 6) is 2.11. The third kappa shape index (κ3) is 2.65. The Hall–Kier alpha value is -2.08. The molecule has 0 saturated heterocycles. The van der Waals surface area contributed by atoms with Crippen molar-refractivity contribution in [2.45, 2.75) is 37.3 Å². The van der Waals surface area contributed by atoms with Gasteiger partial charge in [0.15, 0.2) is 10.9 Å². The van der Waals surface area contributed by atoms with Crippen molar-refractivity contribution in [3.63, 3.8) is 0 Å². The standard InChI is InChI=1S/C18H20N4OS/c1-3-11-5-4-6-13-14(9-19-16(11)13)15(23)10-24-18-21-20-17(22(18)2)12-7-8-12/h4-6,9,12,19H,3,7-8,10H2,1-2H3. The molecule has 0 radical (unpaired) electrons. The number of rotatable bonds is 6. The SMILES string of the molecule is CCc1cccc2c(C(=O)CSc3nnc(C4CC4)n3C)c[nH]c12. The summed E-state index contributed by atoms with van der Waals surface area (Å²) < 4.78 is 2.03. The van der Waals surface area contributed by atoms with Crippen LogP contribution in [-0.4, -0.2) is 31.3 Å². The predicted octanol–water partition coefficient (Wildman–Crippen LogP) is 3.71. The van der Waals surface area contributed by atoms with Gasteiger partial charge in [-0.3, -0.25) is 4.79 Å². The molecule has 3 aromatic rings. The number of aromatic amines is 1. The van der Waals surface area contributed by atoms with Crippen molar-refractivity contribution in [3.05, 3.63) is 41.3 Å². The van der Waals surface area contributed by atoms with E-state index in [1.807, 2.05) is 29.9 Å². The number of aryl methyl sites for hydroxylation is 1. The zero-order chi connectivity index (χ0) is 16.7. The fourth-order valence-electron chi connectivity index (χ4n) is 3.10. The molecule has 0 amide bonds. The monoisotopic (exact) mass is 340 g/mol. The lowest BCUT2D eigenvalue weighted by atomic mass is 10.1. The molecular weight excluding hydrogens is 320 g/mol. The number of ketones is 1. The van der Waals surface area contributed by atoms with Crippen molar-refractivity contribution in [2.75, 3.05) is 5.75 Å². The van der Waals surface area contributed by atoms with Gasteiger partial charge in [0.2, 0.25) is 0 Å². The Bertz CT molecular complexity index is 907. The van der Waals surface area contributed by atoms with Crippen LogP contribution in [0.4, 0.5) is 0 Å². The molecule has 0 aliphatic heterocycles. The quantitative estimate of drug-likeness (QED) is 0.549. The summed E-state index contributed by atoms with van der Waals surface area (Å²) in [6, 6.07) is 6.13. The molecule has 2 heterocycles. The van der Waals surface area contributed by atoms with Gasteiger partial charge in [0.05, 0.1) is 5.75 Å². The van der Waals surface area contributed by atoms with Crippen LogP contribution in [0.3, 0.4) is 0 Å². The van der Waals surface area contributed by atoms with Crippen molar-refractivity contribution < 1.29 is 4.79 Å². The molecule has 1 saturated carbocycles. The van der Waals surface area contributed by atoms with E-state index in [1.165, 1.54) is 30.2 Å². The Morgan fingerprint density at radius 1 is 1.38 bits per heavy atom. The van der Waals surface area contributed by atoms with Crippen LogP contribution in [0.2, 0.25) is 0 Å². The van der Waals surface area contributed by atoms with Gasteiger partial charge < -0.3 is 9.55 Å². The zero-order valence-corrected chi connectivity index (χ0v) is 14.7. The van der Waals surface area contributed by atoms with Gasteiger partial charge >= 0.3 is 0 Å². The van der Waals surface area contributed by atoms with Crippen molar-refractivity contribution in [3.8, 4) is 0 Å². The maximum Gasteiger partial charge on any atom is 0.191 e. The van der Waals surface area contributed by atoms with Gasteiger partial charge in [-0.25, -0.2) is 0 Å². The summed E-state index contributed by atoms with van der Waals surface area (Å²) >= 11 is 1.46. The van der Waals surface area contributed by atoms with Gasteiger partial charge in [0.25, 0.3) is 0 Å². The fourth-order valence-corrected chi connectivity index (χ4v) is 3.90. The normalized spacial score (nSPS) is 14.4. The number of Topliss-reactive ketones (excluding diaryl/α,β-unsaturated/α-hetero) is 1. The Morgan fingerprint density at radius 3 is 2.96 bits per heavy atom. The van der Waals surface area contributed by atoms with Gasteiger partial charge in [0, 0.05) is 35.6 Å². The number of thioether (sulfide) groups is 1. The first-order valence-electron chi connectivity index (χ1n) is 8.33. The number of carbonyl (C=O) groups excluding carboxylic acids is 1. The van der Waals surface area contributed by atoms with Crippen molar-refractivity contribution in [1.29, 1.82) is 0 Å². The first-order valence-corrected chi connectivity index (χ1v) is 9.31. The number of hydrogen-bond donors (Lipinski definition) is 1. The summed E-state index contributed by atoms with van der Waals surface area (Å²) in [4.78, 5) is 15.9. The molecular formula is C18H20N4OS. The second-order valence-electron chi connectivity index (χ2n) is 6.28. The number of fused-ring (bicyclic) bond motifs is 1. The van der Waals surface area contributed by atoms with E-state index in [1.54, 1.807) is 0 Å². The summed E-state index contributed by atoms with van der Waals surface area (Å²) in [5.41, 5.74) is 3.07. The van der Waals surface area contributed by atoms with E-state index in [-0.39, 0.29) is 5.78 Å². The number of H-pyrrole nitrogens is 1. The number of nitrogens with one attached hydrogen (secondary N) is 1. The predicted molar refractivity (Wildman–Crippen MR) is 95.7 cm³/mol. The first kappa shape index (κ1) is 15.4. The van der Waals surface area contributed by atoms with Crippen LogP contribution in [0.1, 0.15) is 47.4 Å². The Morgan fingerprint density at radius 2 is 2.21 bits per heavy atom. The van der Waals surface area contributed by atoms with Gasteiger partial charge in [-0.15, -0.1) is 10.2 Å².